The zero-order valence-corrected chi connectivity index (χ0v) is 13.4. The zero-order chi connectivity index (χ0) is 16.6. The lowest BCUT2D eigenvalue weighted by Gasteiger charge is -2.35. The van der Waals surface area contributed by atoms with Crippen molar-refractivity contribution in [2.45, 2.75) is 37.6 Å². The van der Waals surface area contributed by atoms with E-state index in [1.165, 1.54) is 4.90 Å². The molecule has 124 valence electrons. The van der Waals surface area contributed by atoms with Crippen LogP contribution in [-0.4, -0.2) is 56.6 Å². The second-order valence-corrected chi connectivity index (χ2v) is 6.25. The minimum Gasteiger partial charge on any atom is -0.313 e. The number of anilines is 1. The normalized spacial score (nSPS) is 20.4. The van der Waals surface area contributed by atoms with Crippen molar-refractivity contribution in [3.63, 3.8) is 0 Å². The molecule has 1 aliphatic heterocycles. The van der Waals surface area contributed by atoms with E-state index >= 15 is 0 Å². The maximum atomic E-state index is 12.8. The number of nitrogens with zero attached hydrogens (tertiary/aromatic N) is 4. The first kappa shape index (κ1) is 15.5. The van der Waals surface area contributed by atoms with Crippen molar-refractivity contribution in [3.8, 4) is 0 Å². The molecule has 1 saturated heterocycles. The summed E-state index contributed by atoms with van der Waals surface area (Å²) in [5.74, 6) is -0.273. The van der Waals surface area contributed by atoms with Gasteiger partial charge in [0.1, 0.15) is 12.1 Å². The van der Waals surface area contributed by atoms with Gasteiger partial charge in [0.2, 0.25) is 5.91 Å². The van der Waals surface area contributed by atoms with Crippen LogP contribution in [0.2, 0.25) is 0 Å². The molecule has 0 aromatic carbocycles. The summed E-state index contributed by atoms with van der Waals surface area (Å²) >= 11 is 0. The molecule has 1 spiro atoms. The molecule has 1 aromatic heterocycles. The van der Waals surface area contributed by atoms with E-state index in [0.29, 0.717) is 18.7 Å². The van der Waals surface area contributed by atoms with Gasteiger partial charge >= 0.3 is 6.03 Å². The molecular formula is C15H21N5O3. The van der Waals surface area contributed by atoms with Crippen LogP contribution in [0.3, 0.4) is 0 Å². The van der Waals surface area contributed by atoms with Crippen molar-refractivity contribution >= 4 is 23.7 Å². The van der Waals surface area contributed by atoms with Crippen molar-refractivity contribution in [2.75, 3.05) is 18.9 Å². The Bertz CT molecular complexity index is 647. The maximum Gasteiger partial charge on any atom is 0.327 e. The number of hydrogen-bond donors (Lipinski definition) is 1. The third-order valence-electron chi connectivity index (χ3n) is 4.77. The molecule has 0 bridgehead atoms. The molecule has 0 atom stereocenters. The van der Waals surface area contributed by atoms with Gasteiger partial charge in [-0.05, 0) is 12.8 Å². The van der Waals surface area contributed by atoms with Gasteiger partial charge in [-0.15, -0.1) is 0 Å². The van der Waals surface area contributed by atoms with E-state index in [0.717, 1.165) is 24.2 Å². The first-order valence-corrected chi connectivity index (χ1v) is 7.83. The molecule has 0 unspecified atom stereocenters. The summed E-state index contributed by atoms with van der Waals surface area (Å²) in [4.78, 5) is 39.9. The third-order valence-corrected chi connectivity index (χ3v) is 4.77. The largest absolute Gasteiger partial charge is 0.327 e. The van der Waals surface area contributed by atoms with E-state index in [4.69, 9.17) is 0 Å². The fourth-order valence-electron chi connectivity index (χ4n) is 3.48. The van der Waals surface area contributed by atoms with E-state index in [1.54, 1.807) is 31.0 Å². The van der Waals surface area contributed by atoms with Crippen LogP contribution >= 0.6 is 0 Å². The van der Waals surface area contributed by atoms with Crippen molar-refractivity contribution in [3.05, 3.63) is 12.3 Å². The van der Waals surface area contributed by atoms with Gasteiger partial charge in [0.25, 0.3) is 5.91 Å². The maximum absolute atomic E-state index is 12.8. The van der Waals surface area contributed by atoms with Gasteiger partial charge in [0, 0.05) is 26.4 Å². The molecule has 8 heteroatoms. The summed E-state index contributed by atoms with van der Waals surface area (Å²) in [5, 5.41) is 6.65. The Morgan fingerprint density at radius 1 is 1.26 bits per heavy atom. The van der Waals surface area contributed by atoms with E-state index < -0.39 is 17.5 Å². The fraction of sp³-hybridized carbons (Fsp3) is 0.600. The summed E-state index contributed by atoms with van der Waals surface area (Å²) in [6, 6.07) is 1.26. The Kier molecular flexibility index (Phi) is 3.83. The standard InChI is InChI=1S/C15H21N5O3/c1-18-9-6-11(17-18)16-12(21)10-20-13(22)15(19(2)14(20)23)7-4-3-5-8-15/h6,9H,3-5,7-8,10H2,1-2H3,(H,16,17,21). The predicted molar refractivity (Wildman–Crippen MR) is 82.5 cm³/mol. The Labute approximate surface area is 134 Å². The van der Waals surface area contributed by atoms with E-state index in [2.05, 4.69) is 10.4 Å². The van der Waals surface area contributed by atoms with Crippen LogP contribution in [-0.2, 0) is 16.6 Å². The van der Waals surface area contributed by atoms with Crippen LogP contribution < -0.4 is 5.32 Å². The van der Waals surface area contributed by atoms with E-state index in [1.807, 2.05) is 0 Å². The number of amides is 4. The van der Waals surface area contributed by atoms with Crippen molar-refractivity contribution in [1.82, 2.24) is 19.6 Å². The lowest BCUT2D eigenvalue weighted by Crippen LogP contribution is -2.49. The molecule has 8 nitrogen and oxygen atoms in total. The highest BCUT2D eigenvalue weighted by atomic mass is 16.2. The highest BCUT2D eigenvalue weighted by Crippen LogP contribution is 2.39. The van der Waals surface area contributed by atoms with Gasteiger partial charge in [-0.1, -0.05) is 19.3 Å². The zero-order valence-electron chi connectivity index (χ0n) is 13.4. The average Bonchev–Trinajstić information content (AvgIpc) is 3.01. The van der Waals surface area contributed by atoms with Crippen molar-refractivity contribution in [1.29, 1.82) is 0 Å². The number of imide groups is 1. The van der Waals surface area contributed by atoms with Crippen LogP contribution in [0.15, 0.2) is 12.3 Å². The van der Waals surface area contributed by atoms with Gasteiger partial charge in [-0.3, -0.25) is 19.2 Å². The fourth-order valence-corrected chi connectivity index (χ4v) is 3.48. The Balaban J connectivity index is 1.71. The summed E-state index contributed by atoms with van der Waals surface area (Å²) in [6.45, 7) is -0.277. The second-order valence-electron chi connectivity index (χ2n) is 6.25. The summed E-state index contributed by atoms with van der Waals surface area (Å²) < 4.78 is 1.56. The second kappa shape index (κ2) is 5.68. The lowest BCUT2D eigenvalue weighted by molar-refractivity contribution is -0.136. The number of carbonyl (C=O) groups is 3. The topological polar surface area (TPSA) is 87.5 Å². The molecule has 23 heavy (non-hydrogen) atoms. The van der Waals surface area contributed by atoms with Gasteiger partial charge in [-0.25, -0.2) is 4.79 Å². The number of aromatic nitrogens is 2. The number of nitrogens with one attached hydrogen (secondary N) is 1. The van der Waals surface area contributed by atoms with Gasteiger partial charge in [-0.2, -0.15) is 5.10 Å². The van der Waals surface area contributed by atoms with Crippen LogP contribution in [0, 0.1) is 0 Å². The van der Waals surface area contributed by atoms with Gasteiger partial charge in [0.05, 0.1) is 0 Å². The monoisotopic (exact) mass is 319 g/mol. The molecule has 2 heterocycles. The molecule has 2 fully saturated rings. The molecule has 1 aliphatic carbocycles. The summed E-state index contributed by atoms with van der Waals surface area (Å²) in [6.07, 6.45) is 5.98. The number of aryl methyl sites for hydroxylation is 1. The van der Waals surface area contributed by atoms with E-state index in [9.17, 15) is 14.4 Å². The van der Waals surface area contributed by atoms with Crippen LogP contribution in [0.4, 0.5) is 10.6 Å². The first-order valence-electron chi connectivity index (χ1n) is 7.83. The number of carbonyl (C=O) groups excluding carboxylic acids is 3. The summed E-state index contributed by atoms with van der Waals surface area (Å²) in [5.41, 5.74) is -0.749. The number of hydrogen-bond acceptors (Lipinski definition) is 4. The molecule has 3 rings (SSSR count). The molecular weight excluding hydrogens is 298 g/mol. The van der Waals surface area contributed by atoms with Gasteiger partial charge in [0.15, 0.2) is 5.82 Å². The number of likely N-dealkylation sites (N-methyl/N-ethyl adjacent to an activating group) is 1. The average molecular weight is 319 g/mol. The first-order chi connectivity index (χ1) is 10.9. The molecule has 1 saturated carbocycles. The molecule has 4 amide bonds. The molecule has 1 N–H and O–H groups in total. The van der Waals surface area contributed by atoms with E-state index in [-0.39, 0.29) is 12.5 Å². The Hall–Kier alpha value is -2.38. The highest BCUT2D eigenvalue weighted by molar-refractivity contribution is 6.09. The Morgan fingerprint density at radius 2 is 1.96 bits per heavy atom. The number of urea groups is 1. The minimum absolute atomic E-state index is 0.249. The SMILES string of the molecule is CN1C(=O)N(CC(=O)Nc2ccn(C)n2)C(=O)C12CCCCC2. The van der Waals surface area contributed by atoms with Crippen molar-refractivity contribution < 1.29 is 14.4 Å². The summed E-state index contributed by atoms with van der Waals surface area (Å²) in [7, 11) is 3.40. The minimum atomic E-state index is -0.749. The lowest BCUT2D eigenvalue weighted by atomic mass is 9.81. The van der Waals surface area contributed by atoms with Crippen LogP contribution in [0.5, 0.6) is 0 Å². The molecule has 0 radical (unpaired) electrons. The van der Waals surface area contributed by atoms with Crippen molar-refractivity contribution in [2.24, 2.45) is 7.05 Å². The molecule has 2 aliphatic rings. The van der Waals surface area contributed by atoms with Gasteiger partial charge < -0.3 is 10.2 Å². The molecule has 1 aromatic rings. The van der Waals surface area contributed by atoms with Crippen LogP contribution in [0.1, 0.15) is 32.1 Å². The Morgan fingerprint density at radius 3 is 2.57 bits per heavy atom. The third kappa shape index (κ3) is 2.58. The van der Waals surface area contributed by atoms with Crippen LogP contribution in [0.25, 0.3) is 0 Å². The smallest absolute Gasteiger partial charge is 0.313 e. The number of rotatable bonds is 3. The predicted octanol–water partition coefficient (Wildman–Crippen LogP) is 0.955. The quantitative estimate of drug-likeness (QED) is 0.841. The highest BCUT2D eigenvalue weighted by Gasteiger charge is 2.55.